The molecular formula is C17H23N3O2. The molecule has 118 valence electrons. The molecule has 1 fully saturated rings. The summed E-state index contributed by atoms with van der Waals surface area (Å²) < 4.78 is 7.60. The Hall–Kier alpha value is -2.04. The molecule has 3 rings (SSSR count). The second-order valence-corrected chi connectivity index (χ2v) is 6.09. The topological polar surface area (TPSA) is 51.3 Å². The summed E-state index contributed by atoms with van der Waals surface area (Å²) in [4.78, 5) is 14.6. The summed E-state index contributed by atoms with van der Waals surface area (Å²) in [6.07, 6.45) is 6.40. The van der Waals surface area contributed by atoms with E-state index < -0.39 is 0 Å². The van der Waals surface area contributed by atoms with Crippen molar-refractivity contribution in [2.75, 3.05) is 6.54 Å². The van der Waals surface area contributed by atoms with Gasteiger partial charge in [0.25, 0.3) is 0 Å². The van der Waals surface area contributed by atoms with Gasteiger partial charge in [-0.15, -0.1) is 0 Å². The minimum absolute atomic E-state index is 0.0483. The van der Waals surface area contributed by atoms with Crippen molar-refractivity contribution in [2.24, 2.45) is 5.92 Å². The maximum absolute atomic E-state index is 12.7. The molecule has 22 heavy (non-hydrogen) atoms. The lowest BCUT2D eigenvalue weighted by atomic mass is 9.91. The van der Waals surface area contributed by atoms with Crippen molar-refractivity contribution in [3.63, 3.8) is 0 Å². The van der Waals surface area contributed by atoms with Gasteiger partial charge in [-0.1, -0.05) is 13.8 Å². The summed E-state index contributed by atoms with van der Waals surface area (Å²) in [5, 5.41) is 4.13. The van der Waals surface area contributed by atoms with Gasteiger partial charge in [0.15, 0.2) is 0 Å². The van der Waals surface area contributed by atoms with Gasteiger partial charge < -0.3 is 9.32 Å². The van der Waals surface area contributed by atoms with Crippen LogP contribution in [0.25, 0.3) is 0 Å². The van der Waals surface area contributed by atoms with E-state index in [1.165, 1.54) is 0 Å². The van der Waals surface area contributed by atoms with Crippen LogP contribution in [-0.2, 0) is 17.8 Å². The van der Waals surface area contributed by atoms with Crippen LogP contribution in [0.15, 0.2) is 35.0 Å². The maximum Gasteiger partial charge on any atom is 0.244 e. The third-order valence-corrected chi connectivity index (χ3v) is 4.40. The van der Waals surface area contributed by atoms with Crippen LogP contribution in [0.5, 0.6) is 0 Å². The van der Waals surface area contributed by atoms with Crippen LogP contribution in [0.1, 0.15) is 44.3 Å². The highest BCUT2D eigenvalue weighted by atomic mass is 16.3. The normalized spacial score (nSPS) is 22.0. The highest BCUT2D eigenvalue weighted by Crippen LogP contribution is 2.35. The fraction of sp³-hybridized carbons (Fsp3) is 0.529. The smallest absolute Gasteiger partial charge is 0.244 e. The molecule has 5 nitrogen and oxygen atoms in total. The van der Waals surface area contributed by atoms with E-state index in [4.69, 9.17) is 4.42 Å². The zero-order chi connectivity index (χ0) is 15.5. The van der Waals surface area contributed by atoms with E-state index in [0.29, 0.717) is 12.5 Å². The predicted octanol–water partition coefficient (Wildman–Crippen LogP) is 3.04. The summed E-state index contributed by atoms with van der Waals surface area (Å²) in [5.74, 6) is 2.61. The average Bonchev–Trinajstić information content (AvgIpc) is 3.18. The van der Waals surface area contributed by atoms with Gasteiger partial charge in [-0.05, 0) is 37.0 Å². The molecule has 0 saturated carbocycles. The zero-order valence-electron chi connectivity index (χ0n) is 13.2. The molecular weight excluding hydrogens is 278 g/mol. The Morgan fingerprint density at radius 1 is 1.45 bits per heavy atom. The molecule has 1 saturated heterocycles. The number of piperidine rings is 1. The summed E-state index contributed by atoms with van der Waals surface area (Å²) in [6, 6.07) is 5.93. The number of amides is 1. The molecule has 1 amide bonds. The van der Waals surface area contributed by atoms with Gasteiger partial charge in [0.1, 0.15) is 18.1 Å². The Bertz CT molecular complexity index is 618. The van der Waals surface area contributed by atoms with E-state index in [1.54, 1.807) is 10.9 Å². The monoisotopic (exact) mass is 301 g/mol. The van der Waals surface area contributed by atoms with E-state index in [0.717, 1.165) is 37.3 Å². The highest BCUT2D eigenvalue weighted by molar-refractivity contribution is 5.76. The number of hydrogen-bond acceptors (Lipinski definition) is 3. The highest BCUT2D eigenvalue weighted by Gasteiger charge is 2.33. The Morgan fingerprint density at radius 2 is 2.32 bits per heavy atom. The van der Waals surface area contributed by atoms with Crippen molar-refractivity contribution in [3.05, 3.63) is 42.1 Å². The minimum atomic E-state index is 0.0483. The van der Waals surface area contributed by atoms with E-state index in [-0.39, 0.29) is 11.9 Å². The van der Waals surface area contributed by atoms with E-state index in [1.807, 2.05) is 29.3 Å². The third kappa shape index (κ3) is 3.08. The minimum Gasteiger partial charge on any atom is -0.464 e. The molecule has 5 heteroatoms. The molecule has 0 bridgehead atoms. The first-order valence-corrected chi connectivity index (χ1v) is 8.03. The van der Waals surface area contributed by atoms with Crippen LogP contribution in [0.4, 0.5) is 0 Å². The summed E-state index contributed by atoms with van der Waals surface area (Å²) >= 11 is 0. The van der Waals surface area contributed by atoms with Gasteiger partial charge in [0.05, 0.1) is 6.04 Å². The van der Waals surface area contributed by atoms with Crippen LogP contribution in [0.2, 0.25) is 0 Å². The first kappa shape index (κ1) is 14.9. The molecule has 0 unspecified atom stereocenters. The third-order valence-electron chi connectivity index (χ3n) is 4.40. The average molecular weight is 301 g/mol. The van der Waals surface area contributed by atoms with Crippen molar-refractivity contribution >= 4 is 5.91 Å². The largest absolute Gasteiger partial charge is 0.464 e. The Kier molecular flexibility index (Phi) is 4.32. The van der Waals surface area contributed by atoms with Gasteiger partial charge in [0, 0.05) is 25.4 Å². The van der Waals surface area contributed by atoms with Gasteiger partial charge in [-0.2, -0.15) is 5.10 Å². The molecule has 0 aromatic carbocycles. The predicted molar refractivity (Wildman–Crippen MR) is 83.2 cm³/mol. The fourth-order valence-electron chi connectivity index (χ4n) is 3.10. The van der Waals surface area contributed by atoms with E-state index in [2.05, 4.69) is 18.9 Å². The number of rotatable bonds is 4. The van der Waals surface area contributed by atoms with Gasteiger partial charge in [0.2, 0.25) is 5.91 Å². The quantitative estimate of drug-likeness (QED) is 0.872. The standard InChI is InChI=1S/C17H23N3O2/c1-3-14-5-6-16(22-14)15-11-13(2)7-10-20(15)17(21)12-19-9-4-8-18-19/h4-6,8-9,13,15H,3,7,10-12H2,1-2H3/t13-,15-/m1/s1. The molecule has 0 aliphatic carbocycles. The Morgan fingerprint density at radius 3 is 3.00 bits per heavy atom. The van der Waals surface area contributed by atoms with Crippen LogP contribution < -0.4 is 0 Å². The van der Waals surface area contributed by atoms with Crippen molar-refractivity contribution in [1.29, 1.82) is 0 Å². The molecule has 0 spiro atoms. The summed E-state index contributed by atoms with van der Waals surface area (Å²) in [7, 11) is 0. The van der Waals surface area contributed by atoms with E-state index >= 15 is 0 Å². The maximum atomic E-state index is 12.7. The van der Waals surface area contributed by atoms with Crippen LogP contribution in [0, 0.1) is 5.92 Å². The number of aryl methyl sites for hydroxylation is 1. The van der Waals surface area contributed by atoms with Gasteiger partial charge in [-0.3, -0.25) is 9.48 Å². The van der Waals surface area contributed by atoms with Crippen LogP contribution in [-0.4, -0.2) is 27.1 Å². The second-order valence-electron chi connectivity index (χ2n) is 6.09. The van der Waals surface area contributed by atoms with Crippen molar-refractivity contribution in [3.8, 4) is 0 Å². The van der Waals surface area contributed by atoms with E-state index in [9.17, 15) is 4.79 Å². The molecule has 3 heterocycles. The van der Waals surface area contributed by atoms with Gasteiger partial charge >= 0.3 is 0 Å². The Balaban J connectivity index is 1.78. The summed E-state index contributed by atoms with van der Waals surface area (Å²) in [5.41, 5.74) is 0. The van der Waals surface area contributed by atoms with Crippen molar-refractivity contribution in [1.82, 2.24) is 14.7 Å². The molecule has 0 radical (unpaired) electrons. The number of carbonyl (C=O) groups is 1. The second kappa shape index (κ2) is 6.38. The van der Waals surface area contributed by atoms with Crippen molar-refractivity contribution < 1.29 is 9.21 Å². The fourth-order valence-corrected chi connectivity index (χ4v) is 3.10. The lowest BCUT2D eigenvalue weighted by Gasteiger charge is -2.37. The lowest BCUT2D eigenvalue weighted by molar-refractivity contribution is -0.137. The molecule has 1 aliphatic heterocycles. The summed E-state index contributed by atoms with van der Waals surface area (Å²) in [6.45, 7) is 5.39. The number of hydrogen-bond donors (Lipinski definition) is 0. The Labute approximate surface area is 130 Å². The van der Waals surface area contributed by atoms with Crippen LogP contribution >= 0.6 is 0 Å². The molecule has 0 N–H and O–H groups in total. The zero-order valence-corrected chi connectivity index (χ0v) is 13.2. The number of carbonyl (C=O) groups excluding carboxylic acids is 1. The SMILES string of the molecule is CCc1ccc([C@H]2C[C@H](C)CCN2C(=O)Cn2cccn2)o1. The number of furan rings is 1. The first-order chi connectivity index (χ1) is 10.7. The molecule has 2 aromatic heterocycles. The van der Waals surface area contributed by atoms with Gasteiger partial charge in [-0.25, -0.2) is 0 Å². The number of nitrogens with zero attached hydrogens (tertiary/aromatic N) is 3. The molecule has 2 atom stereocenters. The first-order valence-electron chi connectivity index (χ1n) is 8.03. The van der Waals surface area contributed by atoms with Crippen LogP contribution in [0.3, 0.4) is 0 Å². The molecule has 2 aromatic rings. The lowest BCUT2D eigenvalue weighted by Crippen LogP contribution is -2.42. The number of likely N-dealkylation sites (tertiary alicyclic amines) is 1. The molecule has 1 aliphatic rings. The van der Waals surface area contributed by atoms with Crippen molar-refractivity contribution in [2.45, 2.75) is 45.7 Å². The number of aromatic nitrogens is 2.